The van der Waals surface area contributed by atoms with Crippen molar-refractivity contribution in [2.24, 2.45) is 0 Å². The van der Waals surface area contributed by atoms with Gasteiger partial charge in [-0.2, -0.15) is 17.5 Å². The summed E-state index contributed by atoms with van der Waals surface area (Å²) in [5.41, 5.74) is 3.59. The number of aryl methyl sites for hydroxylation is 1. The van der Waals surface area contributed by atoms with Crippen molar-refractivity contribution in [1.82, 2.24) is 19.5 Å². The minimum Gasteiger partial charge on any atom is -0.379 e. The molecule has 0 atom stereocenters. The van der Waals surface area contributed by atoms with Crippen LogP contribution in [0.15, 0.2) is 85.1 Å². The zero-order chi connectivity index (χ0) is 49.8. The van der Waals surface area contributed by atoms with E-state index in [4.69, 9.17) is 18.9 Å². The highest BCUT2D eigenvalue weighted by molar-refractivity contribution is 7.89. The Labute approximate surface area is 403 Å². The third kappa shape index (κ3) is 16.9. The summed E-state index contributed by atoms with van der Waals surface area (Å²) in [5.74, 6) is -0.873. The Balaban J connectivity index is 0.999. The Morgan fingerprint density at radius 2 is 1.36 bits per heavy atom. The summed E-state index contributed by atoms with van der Waals surface area (Å²) in [7, 11) is -3.32. The van der Waals surface area contributed by atoms with Gasteiger partial charge in [-0.15, -0.1) is 0 Å². The molecule has 1 aromatic heterocycles. The minimum absolute atomic E-state index is 0.0553. The average molecular weight is 983 g/mol. The van der Waals surface area contributed by atoms with Crippen LogP contribution in [0, 0.1) is 0 Å². The maximum Gasteiger partial charge on any atom is 0.416 e. The predicted molar refractivity (Wildman–Crippen MR) is 259 cm³/mol. The van der Waals surface area contributed by atoms with E-state index in [-0.39, 0.29) is 37.0 Å². The lowest BCUT2D eigenvalue weighted by atomic mass is 10.0. The number of nitrogens with zero attached hydrogens (tertiary/aromatic N) is 4. The Bertz CT molecular complexity index is 2390. The molecule has 0 bridgehead atoms. The number of aromatic nitrogens is 1. The van der Waals surface area contributed by atoms with Gasteiger partial charge in [0.25, 0.3) is 11.8 Å². The largest absolute Gasteiger partial charge is 0.416 e. The summed E-state index contributed by atoms with van der Waals surface area (Å²) < 4.78 is 88.3. The first-order chi connectivity index (χ1) is 33.1. The number of piperazine rings is 1. The number of rotatable bonds is 27. The second kappa shape index (κ2) is 27.1. The van der Waals surface area contributed by atoms with Gasteiger partial charge in [0.1, 0.15) is 0 Å². The van der Waals surface area contributed by atoms with Crippen molar-refractivity contribution in [3.63, 3.8) is 0 Å². The third-order valence-electron chi connectivity index (χ3n) is 11.5. The second-order valence-corrected chi connectivity index (χ2v) is 19.0. The highest BCUT2D eigenvalue weighted by atomic mass is 32.2. The molecule has 2 N–H and O–H groups in total. The molecule has 1 fully saturated rings. The molecule has 0 spiro atoms. The van der Waals surface area contributed by atoms with Crippen molar-refractivity contribution in [2.45, 2.75) is 64.9 Å². The first-order valence-electron chi connectivity index (χ1n) is 23.4. The van der Waals surface area contributed by atoms with Gasteiger partial charge in [0, 0.05) is 81.0 Å². The number of carbonyl (C=O) groups excluding carboxylic acids is 3. The zero-order valence-electron chi connectivity index (χ0n) is 39.9. The van der Waals surface area contributed by atoms with Gasteiger partial charge in [0.05, 0.1) is 74.9 Å². The lowest BCUT2D eigenvalue weighted by molar-refractivity contribution is -0.137. The molecule has 1 aliphatic heterocycles. The summed E-state index contributed by atoms with van der Waals surface area (Å²) in [4.78, 5) is 47.8. The standard InChI is InChI=1S/C50H65F3N6O9S/c1-5-57(6-2)43-15-16-45(44(35-43)46-34-41(17-19-54-46)48(61)55-36-39-11-8-14-42(33-39)50(51,52)53)56-49(62)40-13-7-10-38(32-40)12-9-24-65-26-28-67-30-31-68-29-27-66-25-18-47(60)58-20-22-59(23-21-58)69(63,64)37(3)4/h7-8,10-11,13-17,19,32-35,37H,5-6,9,12,18,20-31,36H2,1-4H3,(H,55,61)(H,56,62). The lowest BCUT2D eigenvalue weighted by Crippen LogP contribution is -2.52. The number of amides is 3. The van der Waals surface area contributed by atoms with Gasteiger partial charge in [-0.25, -0.2) is 8.42 Å². The molecule has 1 saturated heterocycles. The third-order valence-corrected chi connectivity index (χ3v) is 13.7. The molecule has 19 heteroatoms. The Hall–Kier alpha value is -5.44. The van der Waals surface area contributed by atoms with Crippen LogP contribution in [0.25, 0.3) is 11.3 Å². The van der Waals surface area contributed by atoms with Gasteiger partial charge in [-0.3, -0.25) is 19.4 Å². The maximum atomic E-state index is 13.7. The molecule has 0 aliphatic carbocycles. The Morgan fingerprint density at radius 1 is 0.739 bits per heavy atom. The number of ether oxygens (including phenoxy) is 4. The molecule has 3 amide bonds. The van der Waals surface area contributed by atoms with Gasteiger partial charge >= 0.3 is 6.18 Å². The van der Waals surface area contributed by atoms with Crippen LogP contribution in [-0.4, -0.2) is 138 Å². The van der Waals surface area contributed by atoms with Crippen LogP contribution >= 0.6 is 0 Å². The van der Waals surface area contributed by atoms with E-state index < -0.39 is 32.9 Å². The molecule has 4 aromatic rings. The number of alkyl halides is 3. The fourth-order valence-corrected chi connectivity index (χ4v) is 8.78. The molecule has 3 aromatic carbocycles. The van der Waals surface area contributed by atoms with E-state index >= 15 is 0 Å². The van der Waals surface area contributed by atoms with E-state index in [0.29, 0.717) is 107 Å². The molecular formula is C50H65F3N6O9S. The summed E-state index contributed by atoms with van der Waals surface area (Å²) in [6.45, 7) is 13.2. The van der Waals surface area contributed by atoms with E-state index in [1.807, 2.05) is 50.2 Å². The van der Waals surface area contributed by atoms with E-state index in [9.17, 15) is 36.0 Å². The second-order valence-electron chi connectivity index (χ2n) is 16.5. The lowest BCUT2D eigenvalue weighted by Gasteiger charge is -2.34. The first-order valence-corrected chi connectivity index (χ1v) is 24.9. The predicted octanol–water partition coefficient (Wildman–Crippen LogP) is 7.07. The van der Waals surface area contributed by atoms with Crippen molar-refractivity contribution in [3.8, 4) is 11.3 Å². The smallest absolute Gasteiger partial charge is 0.379 e. The quantitative estimate of drug-likeness (QED) is 0.0587. The summed E-state index contributed by atoms with van der Waals surface area (Å²) in [6, 6.07) is 20.9. The van der Waals surface area contributed by atoms with Crippen LogP contribution in [0.3, 0.4) is 0 Å². The van der Waals surface area contributed by atoms with Crippen LogP contribution in [-0.2, 0) is 52.9 Å². The zero-order valence-corrected chi connectivity index (χ0v) is 40.7. The van der Waals surface area contributed by atoms with Crippen LogP contribution in [0.1, 0.15) is 77.9 Å². The Kier molecular flexibility index (Phi) is 21.4. The summed E-state index contributed by atoms with van der Waals surface area (Å²) >= 11 is 0. The van der Waals surface area contributed by atoms with Crippen molar-refractivity contribution in [1.29, 1.82) is 0 Å². The van der Waals surface area contributed by atoms with Crippen molar-refractivity contribution < 1.29 is 54.9 Å². The van der Waals surface area contributed by atoms with Crippen LogP contribution in [0.5, 0.6) is 0 Å². The molecule has 15 nitrogen and oxygen atoms in total. The monoisotopic (exact) mass is 982 g/mol. The molecule has 69 heavy (non-hydrogen) atoms. The summed E-state index contributed by atoms with van der Waals surface area (Å²) in [5, 5.41) is 5.25. The average Bonchev–Trinajstić information content (AvgIpc) is 3.35. The first kappa shape index (κ1) is 54.5. The molecular weight excluding hydrogens is 918 g/mol. The van der Waals surface area contributed by atoms with Gasteiger partial charge in [0.15, 0.2) is 0 Å². The fourth-order valence-electron chi connectivity index (χ4n) is 7.51. The molecule has 0 unspecified atom stereocenters. The highest BCUT2D eigenvalue weighted by Gasteiger charge is 2.31. The molecule has 2 heterocycles. The van der Waals surface area contributed by atoms with Crippen molar-refractivity contribution in [2.75, 3.05) is 102 Å². The van der Waals surface area contributed by atoms with E-state index in [0.717, 1.165) is 42.9 Å². The molecule has 1 aliphatic rings. The van der Waals surface area contributed by atoms with E-state index in [2.05, 4.69) is 20.5 Å². The van der Waals surface area contributed by atoms with Gasteiger partial charge in [0.2, 0.25) is 15.9 Å². The molecule has 5 rings (SSSR count). The minimum atomic E-state index is -4.50. The number of sulfonamides is 1. The molecule has 0 saturated carbocycles. The van der Waals surface area contributed by atoms with Crippen LogP contribution in [0.4, 0.5) is 24.5 Å². The van der Waals surface area contributed by atoms with Gasteiger partial charge < -0.3 is 39.4 Å². The highest BCUT2D eigenvalue weighted by Crippen LogP contribution is 2.33. The number of hydrogen-bond donors (Lipinski definition) is 2. The number of halogens is 3. The molecule has 0 radical (unpaired) electrons. The van der Waals surface area contributed by atoms with Gasteiger partial charge in [-0.1, -0.05) is 24.3 Å². The van der Waals surface area contributed by atoms with Crippen molar-refractivity contribution >= 4 is 39.1 Å². The SMILES string of the molecule is CCN(CC)c1ccc(NC(=O)c2cccc(CCCOCCOCCOCCOCCC(=O)N3CCN(S(=O)(=O)C(C)C)CC3)c2)c(-c2cc(C(=O)NCc3cccc(C(F)(F)F)c3)ccn2)c1. The number of pyridine rings is 1. The van der Waals surface area contributed by atoms with Crippen LogP contribution in [0.2, 0.25) is 0 Å². The number of hydrogen-bond acceptors (Lipinski definition) is 11. The number of benzene rings is 3. The number of anilines is 2. The van der Waals surface area contributed by atoms with E-state index in [1.54, 1.807) is 30.9 Å². The van der Waals surface area contributed by atoms with Crippen LogP contribution < -0.4 is 15.5 Å². The van der Waals surface area contributed by atoms with Crippen molar-refractivity contribution in [3.05, 3.63) is 113 Å². The Morgan fingerprint density at radius 3 is 2.01 bits per heavy atom. The fraction of sp³-hybridized carbons (Fsp3) is 0.480. The number of carbonyl (C=O) groups is 3. The summed E-state index contributed by atoms with van der Waals surface area (Å²) in [6.07, 6.45) is -1.38. The van der Waals surface area contributed by atoms with E-state index in [1.165, 1.54) is 28.7 Å². The van der Waals surface area contributed by atoms with Gasteiger partial charge in [-0.05, 0) is 106 Å². The topological polar surface area (TPSA) is 169 Å². The number of nitrogens with one attached hydrogen (secondary N) is 2. The molecule has 376 valence electrons. The maximum absolute atomic E-state index is 13.7. The normalized spacial score (nSPS) is 13.4.